The van der Waals surface area contributed by atoms with Gasteiger partial charge in [0.2, 0.25) is 0 Å². The second-order valence-corrected chi connectivity index (χ2v) is 7.56. The molecule has 0 aliphatic carbocycles. The first-order valence-corrected chi connectivity index (χ1v) is 9.78. The molecule has 0 amide bonds. The lowest BCUT2D eigenvalue weighted by Gasteiger charge is -2.39. The van der Waals surface area contributed by atoms with Crippen LogP contribution in [0.5, 0.6) is 5.75 Å². The maximum absolute atomic E-state index is 11.3. The maximum atomic E-state index is 11.3. The van der Waals surface area contributed by atoms with E-state index in [9.17, 15) is 25.2 Å². The van der Waals surface area contributed by atoms with Crippen molar-refractivity contribution < 1.29 is 39.4 Å². The summed E-state index contributed by atoms with van der Waals surface area (Å²) in [6.07, 6.45) is -7.12. The van der Waals surface area contributed by atoms with E-state index in [1.54, 1.807) is 6.20 Å². The number of nitrogens with one attached hydrogen (secondary N) is 2. The molecule has 30 heavy (non-hydrogen) atoms. The van der Waals surface area contributed by atoms with E-state index in [4.69, 9.17) is 14.2 Å². The number of aliphatic carboxylic acids is 1. The fourth-order valence-corrected chi connectivity index (χ4v) is 3.23. The monoisotopic (exact) mass is 424 g/mol. The van der Waals surface area contributed by atoms with Gasteiger partial charge in [-0.3, -0.25) is 0 Å². The van der Waals surface area contributed by atoms with E-state index in [-0.39, 0.29) is 12.6 Å². The molecule has 0 bridgehead atoms. The third kappa shape index (κ3) is 5.09. The zero-order valence-electron chi connectivity index (χ0n) is 16.8. The van der Waals surface area contributed by atoms with Gasteiger partial charge in [0.25, 0.3) is 0 Å². The van der Waals surface area contributed by atoms with Crippen LogP contribution >= 0.6 is 0 Å². The molecule has 1 aliphatic rings. The Morgan fingerprint density at radius 3 is 2.67 bits per heavy atom. The zero-order chi connectivity index (χ0) is 21.8. The van der Waals surface area contributed by atoms with Crippen molar-refractivity contribution in [1.82, 2.24) is 10.3 Å². The number of aliphatic hydroxyl groups excluding tert-OH is 3. The van der Waals surface area contributed by atoms with Gasteiger partial charge in [0.05, 0.1) is 0 Å². The van der Waals surface area contributed by atoms with Gasteiger partial charge in [-0.05, 0) is 18.2 Å². The number of benzene rings is 1. The van der Waals surface area contributed by atoms with Gasteiger partial charge in [-0.2, -0.15) is 0 Å². The highest BCUT2D eigenvalue weighted by Gasteiger charge is 2.48. The van der Waals surface area contributed by atoms with E-state index in [1.807, 2.05) is 38.1 Å². The molecular formula is C20H28N2O8. The molecule has 166 valence electrons. The molecule has 0 spiro atoms. The van der Waals surface area contributed by atoms with Crippen LogP contribution in [-0.2, 0) is 14.3 Å². The lowest BCUT2D eigenvalue weighted by Crippen LogP contribution is -2.61. The number of carbonyl (C=O) groups is 1. The van der Waals surface area contributed by atoms with Crippen molar-refractivity contribution in [3.8, 4) is 5.75 Å². The predicted octanol–water partition coefficient (Wildman–Crippen LogP) is -0.178. The predicted molar refractivity (Wildman–Crippen MR) is 106 cm³/mol. The van der Waals surface area contributed by atoms with Gasteiger partial charge < -0.3 is 44.9 Å². The van der Waals surface area contributed by atoms with Crippen molar-refractivity contribution in [3.05, 3.63) is 30.5 Å². The molecule has 1 fully saturated rings. The van der Waals surface area contributed by atoms with Crippen molar-refractivity contribution >= 4 is 16.9 Å². The number of rotatable bonds is 9. The van der Waals surface area contributed by atoms with Crippen LogP contribution in [0, 0.1) is 0 Å². The number of fused-ring (bicyclic) bond motifs is 1. The number of hydrogen-bond donors (Lipinski definition) is 6. The molecule has 6 N–H and O–H groups in total. The fourth-order valence-electron chi connectivity index (χ4n) is 3.23. The number of ether oxygens (including phenoxy) is 3. The van der Waals surface area contributed by atoms with E-state index in [1.165, 1.54) is 0 Å². The highest BCUT2D eigenvalue weighted by atomic mass is 16.7. The standard InChI is InChI=1S/C20H28N2O8/c1-10(2)22-8-11(9-28-14-5-3-4-13-12(14)6-7-21-13)29-20-17(25)15(23)16(24)18(30-20)19(26)27/h3-7,10-11,15-18,20-25H,8-9H2,1-2H3,(H,26,27)/t11-,15+,16+,17-,18+,20-/m1/s1. The number of carboxylic acid groups (broad SMARTS) is 1. The van der Waals surface area contributed by atoms with Crippen LogP contribution in [0.3, 0.4) is 0 Å². The third-order valence-electron chi connectivity index (χ3n) is 4.87. The average molecular weight is 424 g/mol. The lowest BCUT2D eigenvalue weighted by atomic mass is 9.99. The van der Waals surface area contributed by atoms with Crippen molar-refractivity contribution in [3.63, 3.8) is 0 Å². The van der Waals surface area contributed by atoms with Crippen molar-refractivity contribution in [2.24, 2.45) is 0 Å². The second-order valence-electron chi connectivity index (χ2n) is 7.56. The third-order valence-corrected chi connectivity index (χ3v) is 4.87. The Bertz CT molecular complexity index is 841. The summed E-state index contributed by atoms with van der Waals surface area (Å²) >= 11 is 0. The minimum Gasteiger partial charge on any atom is -0.490 e. The molecule has 0 saturated carbocycles. The molecule has 1 aliphatic heterocycles. The summed E-state index contributed by atoms with van der Waals surface area (Å²) in [6, 6.07) is 7.60. The van der Waals surface area contributed by atoms with E-state index in [0.717, 1.165) is 10.9 Å². The first-order chi connectivity index (χ1) is 14.3. The number of carboxylic acids is 1. The molecule has 1 aromatic heterocycles. The lowest BCUT2D eigenvalue weighted by molar-refractivity contribution is -0.305. The van der Waals surface area contributed by atoms with Crippen LogP contribution < -0.4 is 10.1 Å². The second kappa shape index (κ2) is 9.73. The molecule has 10 nitrogen and oxygen atoms in total. The molecule has 2 aromatic rings. The summed E-state index contributed by atoms with van der Waals surface area (Å²) in [6.45, 7) is 4.30. The van der Waals surface area contributed by atoms with Crippen LogP contribution in [0.2, 0.25) is 0 Å². The first-order valence-electron chi connectivity index (χ1n) is 9.78. The minimum absolute atomic E-state index is 0.0764. The Morgan fingerprint density at radius 1 is 1.20 bits per heavy atom. The number of aromatic amines is 1. The maximum Gasteiger partial charge on any atom is 0.335 e. The zero-order valence-corrected chi connectivity index (χ0v) is 16.8. The Balaban J connectivity index is 1.71. The Hall–Kier alpha value is -2.21. The summed E-state index contributed by atoms with van der Waals surface area (Å²) in [5.74, 6) is -0.829. The number of aromatic nitrogens is 1. The topological polar surface area (TPSA) is 154 Å². The van der Waals surface area contributed by atoms with E-state index in [2.05, 4.69) is 10.3 Å². The molecule has 2 heterocycles. The van der Waals surface area contributed by atoms with Crippen molar-refractivity contribution in [1.29, 1.82) is 0 Å². The van der Waals surface area contributed by atoms with Gasteiger partial charge >= 0.3 is 5.97 Å². The smallest absolute Gasteiger partial charge is 0.335 e. The molecule has 3 rings (SSSR count). The highest BCUT2D eigenvalue weighted by molar-refractivity contribution is 5.85. The number of H-pyrrole nitrogens is 1. The Kier molecular flexibility index (Phi) is 7.29. The molecule has 10 heteroatoms. The van der Waals surface area contributed by atoms with Gasteiger partial charge in [0.1, 0.15) is 36.8 Å². The summed E-state index contributed by atoms with van der Waals surface area (Å²) in [4.78, 5) is 14.4. The van der Waals surface area contributed by atoms with Gasteiger partial charge in [-0.25, -0.2) is 4.79 Å². The quantitative estimate of drug-likeness (QED) is 0.322. The van der Waals surface area contributed by atoms with Crippen LogP contribution in [-0.4, -0.2) is 87.4 Å². The van der Waals surface area contributed by atoms with Gasteiger partial charge in [0.15, 0.2) is 12.4 Å². The van der Waals surface area contributed by atoms with Crippen LogP contribution in [0.1, 0.15) is 13.8 Å². The minimum atomic E-state index is -1.77. The van der Waals surface area contributed by atoms with Gasteiger partial charge in [-0.15, -0.1) is 0 Å². The van der Waals surface area contributed by atoms with Crippen LogP contribution in [0.25, 0.3) is 10.9 Å². The first kappa shape index (κ1) is 22.5. The van der Waals surface area contributed by atoms with Gasteiger partial charge in [-0.1, -0.05) is 19.9 Å². The normalized spacial score (nSPS) is 28.0. The molecule has 0 radical (unpaired) electrons. The van der Waals surface area contributed by atoms with E-state index in [0.29, 0.717) is 12.3 Å². The molecule has 0 unspecified atom stereocenters. The number of hydrogen-bond acceptors (Lipinski definition) is 8. The fraction of sp³-hybridized carbons (Fsp3) is 0.550. The van der Waals surface area contributed by atoms with Crippen molar-refractivity contribution in [2.45, 2.75) is 56.7 Å². The summed E-state index contributed by atoms with van der Waals surface area (Å²) in [5.41, 5.74) is 0.915. The average Bonchev–Trinajstić information content (AvgIpc) is 3.19. The molecule has 6 atom stereocenters. The SMILES string of the molecule is CC(C)NC[C@H](COc1cccc2[nH]ccc12)O[C@@H]1O[C@H](C(=O)O)[C@@H](O)[C@H](O)[C@H]1O. The van der Waals surface area contributed by atoms with Crippen LogP contribution in [0.15, 0.2) is 30.5 Å². The number of aliphatic hydroxyl groups is 3. The summed E-state index contributed by atoms with van der Waals surface area (Å²) in [5, 5.41) is 43.3. The van der Waals surface area contributed by atoms with E-state index >= 15 is 0 Å². The molecule has 1 saturated heterocycles. The van der Waals surface area contributed by atoms with E-state index < -0.39 is 42.8 Å². The Labute approximate surface area is 173 Å². The summed E-state index contributed by atoms with van der Waals surface area (Å²) in [7, 11) is 0. The largest absolute Gasteiger partial charge is 0.490 e. The van der Waals surface area contributed by atoms with Crippen molar-refractivity contribution in [2.75, 3.05) is 13.2 Å². The van der Waals surface area contributed by atoms with Crippen LogP contribution in [0.4, 0.5) is 0 Å². The van der Waals surface area contributed by atoms with Gasteiger partial charge in [0, 0.05) is 29.7 Å². The Morgan fingerprint density at radius 2 is 1.97 bits per heavy atom. The summed E-state index contributed by atoms with van der Waals surface area (Å²) < 4.78 is 16.9. The molecular weight excluding hydrogens is 396 g/mol. The highest BCUT2D eigenvalue weighted by Crippen LogP contribution is 2.26. The molecule has 1 aromatic carbocycles.